The largest absolute Gasteiger partial charge is 0.401 e. The number of carbonyl (C=O) groups is 1. The Labute approximate surface area is 150 Å². The van der Waals surface area contributed by atoms with E-state index >= 15 is 0 Å². The number of alkyl halides is 3. The van der Waals surface area contributed by atoms with Crippen molar-refractivity contribution in [2.24, 2.45) is 0 Å². The monoisotopic (exact) mass is 366 g/mol. The van der Waals surface area contributed by atoms with Crippen LogP contribution in [0.3, 0.4) is 0 Å². The molecular weight excluding hydrogens is 345 g/mol. The highest BCUT2D eigenvalue weighted by molar-refractivity contribution is 5.94. The summed E-state index contributed by atoms with van der Waals surface area (Å²) in [6.45, 7) is 2.37. The summed E-state index contributed by atoms with van der Waals surface area (Å²) in [6.07, 6.45) is -0.0316. The first-order valence-electron chi connectivity index (χ1n) is 8.52. The third kappa shape index (κ3) is 4.63. The number of hydrogen-bond donors (Lipinski definition) is 0. The maximum Gasteiger partial charge on any atom is 0.401 e. The molecule has 0 aliphatic carbocycles. The molecule has 140 valence electrons. The number of nitrogens with zero attached hydrogens (tertiary/aromatic N) is 4. The molecule has 1 aliphatic rings. The molecule has 1 saturated heterocycles. The lowest BCUT2D eigenvalue weighted by Gasteiger charge is -2.23. The predicted octanol–water partition coefficient (Wildman–Crippen LogP) is 2.89. The summed E-state index contributed by atoms with van der Waals surface area (Å²) in [5.41, 5.74) is 2.42. The lowest BCUT2D eigenvalue weighted by molar-refractivity contribution is -0.145. The summed E-state index contributed by atoms with van der Waals surface area (Å²) in [4.78, 5) is 15.6. The van der Waals surface area contributed by atoms with Gasteiger partial charge in [0.25, 0.3) is 5.91 Å². The molecule has 2 aromatic rings. The van der Waals surface area contributed by atoms with E-state index < -0.39 is 12.7 Å². The molecule has 3 rings (SSSR count). The van der Waals surface area contributed by atoms with E-state index in [2.05, 4.69) is 5.10 Å². The Balaban J connectivity index is 1.63. The smallest absolute Gasteiger partial charge is 0.337 e. The van der Waals surface area contributed by atoms with E-state index in [0.717, 1.165) is 11.3 Å². The Kier molecular flexibility index (Phi) is 5.31. The number of rotatable bonds is 3. The normalized spacial score (nSPS) is 16.5. The Bertz CT molecular complexity index is 755. The van der Waals surface area contributed by atoms with Crippen LogP contribution in [-0.4, -0.2) is 64.4 Å². The van der Waals surface area contributed by atoms with Crippen molar-refractivity contribution in [3.63, 3.8) is 0 Å². The summed E-state index contributed by atoms with van der Waals surface area (Å²) < 4.78 is 39.4. The van der Waals surface area contributed by atoms with Gasteiger partial charge in [-0.15, -0.1) is 0 Å². The van der Waals surface area contributed by atoms with Gasteiger partial charge in [0, 0.05) is 37.9 Å². The molecule has 1 amide bonds. The molecule has 1 aromatic heterocycles. The highest BCUT2D eigenvalue weighted by Gasteiger charge is 2.31. The minimum Gasteiger partial charge on any atom is -0.337 e. The molecule has 2 heterocycles. The van der Waals surface area contributed by atoms with Crippen LogP contribution >= 0.6 is 0 Å². The predicted molar refractivity (Wildman–Crippen MR) is 91.3 cm³/mol. The fourth-order valence-electron chi connectivity index (χ4n) is 3.08. The van der Waals surface area contributed by atoms with Crippen molar-refractivity contribution in [2.75, 3.05) is 32.7 Å². The van der Waals surface area contributed by atoms with Crippen molar-refractivity contribution in [1.29, 1.82) is 0 Å². The fourth-order valence-corrected chi connectivity index (χ4v) is 3.08. The zero-order chi connectivity index (χ0) is 18.7. The molecule has 0 radical (unpaired) electrons. The van der Waals surface area contributed by atoms with Gasteiger partial charge in [-0.2, -0.15) is 18.3 Å². The maximum absolute atomic E-state index is 12.7. The lowest BCUT2D eigenvalue weighted by atomic mass is 10.1. The number of carbonyl (C=O) groups excluding carboxylic acids is 1. The van der Waals surface area contributed by atoms with Crippen molar-refractivity contribution < 1.29 is 18.0 Å². The van der Waals surface area contributed by atoms with E-state index in [4.69, 9.17) is 0 Å². The first-order chi connectivity index (χ1) is 12.3. The van der Waals surface area contributed by atoms with Gasteiger partial charge >= 0.3 is 6.18 Å². The molecular formula is C18H21F3N4O. The summed E-state index contributed by atoms with van der Waals surface area (Å²) >= 11 is 0. The minimum absolute atomic E-state index is 0.151. The quantitative estimate of drug-likeness (QED) is 0.839. The third-order valence-electron chi connectivity index (χ3n) is 4.37. The molecule has 1 aliphatic heterocycles. The van der Waals surface area contributed by atoms with Gasteiger partial charge in [0.2, 0.25) is 0 Å². The van der Waals surface area contributed by atoms with Crippen LogP contribution in [0.2, 0.25) is 0 Å². The van der Waals surface area contributed by atoms with Gasteiger partial charge in [-0.05, 0) is 43.2 Å². The van der Waals surface area contributed by atoms with Gasteiger partial charge < -0.3 is 4.90 Å². The van der Waals surface area contributed by atoms with Crippen LogP contribution in [0.1, 0.15) is 22.3 Å². The van der Waals surface area contributed by atoms with E-state index in [9.17, 15) is 18.0 Å². The van der Waals surface area contributed by atoms with Crippen LogP contribution < -0.4 is 0 Å². The van der Waals surface area contributed by atoms with Crippen LogP contribution in [0.15, 0.2) is 36.7 Å². The Morgan fingerprint density at radius 1 is 1.12 bits per heavy atom. The van der Waals surface area contributed by atoms with Gasteiger partial charge in [0.15, 0.2) is 0 Å². The van der Waals surface area contributed by atoms with Gasteiger partial charge in [-0.25, -0.2) is 4.68 Å². The molecule has 1 fully saturated rings. The highest BCUT2D eigenvalue weighted by Crippen LogP contribution is 2.18. The fraction of sp³-hybridized carbons (Fsp3) is 0.444. The molecule has 0 unspecified atom stereocenters. The van der Waals surface area contributed by atoms with Crippen molar-refractivity contribution in [1.82, 2.24) is 19.6 Å². The van der Waals surface area contributed by atoms with E-state index in [0.29, 0.717) is 31.6 Å². The number of hydrogen-bond acceptors (Lipinski definition) is 3. The second-order valence-electron chi connectivity index (χ2n) is 6.55. The van der Waals surface area contributed by atoms with Crippen molar-refractivity contribution in [3.05, 3.63) is 47.8 Å². The molecule has 5 nitrogen and oxygen atoms in total. The average molecular weight is 366 g/mol. The number of aryl methyl sites for hydroxylation is 1. The summed E-state index contributed by atoms with van der Waals surface area (Å²) in [6, 6.07) is 7.08. The van der Waals surface area contributed by atoms with E-state index in [-0.39, 0.29) is 12.5 Å². The maximum atomic E-state index is 12.7. The van der Waals surface area contributed by atoms with Gasteiger partial charge in [0.05, 0.1) is 18.4 Å². The Morgan fingerprint density at radius 2 is 1.85 bits per heavy atom. The SMILES string of the molecule is Cc1cnn(-c2ccc(C(=O)N3CCCN(CC(F)(F)F)CC3)cc2)c1. The number of halogens is 3. The zero-order valence-electron chi connectivity index (χ0n) is 14.5. The minimum atomic E-state index is -4.21. The van der Waals surface area contributed by atoms with Crippen molar-refractivity contribution in [3.8, 4) is 5.69 Å². The second kappa shape index (κ2) is 7.49. The van der Waals surface area contributed by atoms with Crippen LogP contribution in [0.4, 0.5) is 13.2 Å². The molecule has 1 aromatic carbocycles. The standard InChI is InChI=1S/C18H21F3N4O/c1-14-11-22-25(12-14)16-5-3-15(4-6-16)17(26)24-8-2-7-23(9-10-24)13-18(19,20)21/h3-6,11-12H,2,7-10,13H2,1H3. The highest BCUT2D eigenvalue weighted by atomic mass is 19.4. The number of aromatic nitrogens is 2. The van der Waals surface area contributed by atoms with Crippen LogP contribution in [0.5, 0.6) is 0 Å². The van der Waals surface area contributed by atoms with E-state index in [1.54, 1.807) is 27.9 Å². The van der Waals surface area contributed by atoms with Gasteiger partial charge in [-0.3, -0.25) is 9.69 Å². The average Bonchev–Trinajstić information content (AvgIpc) is 2.89. The summed E-state index contributed by atoms with van der Waals surface area (Å²) in [7, 11) is 0. The van der Waals surface area contributed by atoms with E-state index in [1.807, 2.05) is 25.3 Å². The van der Waals surface area contributed by atoms with Crippen molar-refractivity contribution >= 4 is 5.91 Å². The van der Waals surface area contributed by atoms with E-state index in [1.165, 1.54) is 4.90 Å². The van der Waals surface area contributed by atoms with Crippen LogP contribution in [0.25, 0.3) is 5.69 Å². The molecule has 0 N–H and O–H groups in total. The zero-order valence-corrected chi connectivity index (χ0v) is 14.5. The Morgan fingerprint density at radius 3 is 2.46 bits per heavy atom. The van der Waals surface area contributed by atoms with Crippen LogP contribution in [0, 0.1) is 6.92 Å². The topological polar surface area (TPSA) is 41.4 Å². The molecule has 0 bridgehead atoms. The number of benzene rings is 1. The Hall–Kier alpha value is -2.35. The van der Waals surface area contributed by atoms with Crippen LogP contribution in [-0.2, 0) is 0 Å². The summed E-state index contributed by atoms with van der Waals surface area (Å²) in [5.74, 6) is -0.151. The third-order valence-corrected chi connectivity index (χ3v) is 4.37. The second-order valence-corrected chi connectivity index (χ2v) is 6.55. The molecule has 0 spiro atoms. The summed E-state index contributed by atoms with van der Waals surface area (Å²) in [5, 5.41) is 4.22. The molecule has 26 heavy (non-hydrogen) atoms. The first-order valence-corrected chi connectivity index (χ1v) is 8.52. The first kappa shape index (κ1) is 18.4. The molecule has 0 atom stereocenters. The molecule has 8 heteroatoms. The number of amides is 1. The van der Waals surface area contributed by atoms with Gasteiger partial charge in [-0.1, -0.05) is 0 Å². The lowest BCUT2D eigenvalue weighted by Crippen LogP contribution is -2.38. The molecule has 0 saturated carbocycles. The van der Waals surface area contributed by atoms with Gasteiger partial charge in [0.1, 0.15) is 0 Å². The van der Waals surface area contributed by atoms with Crippen molar-refractivity contribution in [2.45, 2.75) is 19.5 Å².